The summed E-state index contributed by atoms with van der Waals surface area (Å²) in [6, 6.07) is 3.70. The lowest BCUT2D eigenvalue weighted by Gasteiger charge is -2.35. The van der Waals surface area contributed by atoms with Crippen molar-refractivity contribution in [3.8, 4) is 0 Å². The number of carbonyl (C=O) groups is 1. The average molecular weight is 427 g/mol. The summed E-state index contributed by atoms with van der Waals surface area (Å²) in [7, 11) is 0. The highest BCUT2D eigenvalue weighted by Gasteiger charge is 2.20. The second-order valence-electron chi connectivity index (χ2n) is 8.33. The van der Waals surface area contributed by atoms with Crippen LogP contribution in [0.5, 0.6) is 0 Å². The molecule has 0 spiro atoms. The fraction of sp³-hybridized carbons (Fsp3) is 0.450. The van der Waals surface area contributed by atoms with Crippen LogP contribution in [0.15, 0.2) is 36.2 Å². The first-order valence-corrected chi connectivity index (χ1v) is 10.8. The maximum absolute atomic E-state index is 12.2. The second-order valence-corrected chi connectivity index (χ2v) is 9.16. The van der Waals surface area contributed by atoms with Crippen LogP contribution in [0.1, 0.15) is 36.7 Å². The summed E-state index contributed by atoms with van der Waals surface area (Å²) >= 11 is 1.28. The van der Waals surface area contributed by atoms with Gasteiger partial charge in [0.1, 0.15) is 11.3 Å². The van der Waals surface area contributed by atoms with E-state index in [2.05, 4.69) is 62.4 Å². The van der Waals surface area contributed by atoms with E-state index in [9.17, 15) is 4.79 Å². The third-order valence-corrected chi connectivity index (χ3v) is 5.62. The molecule has 1 aliphatic heterocycles. The highest BCUT2D eigenvalue weighted by Crippen LogP contribution is 2.18. The molecular weight excluding hydrogens is 400 g/mol. The molecule has 4 rings (SSSR count). The number of piperazine rings is 1. The molecule has 0 saturated carbocycles. The Kier molecular flexibility index (Phi) is 5.78. The van der Waals surface area contributed by atoms with Gasteiger partial charge in [0, 0.05) is 50.7 Å². The third-order valence-electron chi connectivity index (χ3n) is 5.02. The Morgan fingerprint density at radius 3 is 2.57 bits per heavy atom. The van der Waals surface area contributed by atoms with Crippen molar-refractivity contribution in [2.24, 2.45) is 0 Å². The molecule has 0 aromatic carbocycles. The number of carbonyl (C=O) groups excluding carboxylic acids is 1. The van der Waals surface area contributed by atoms with Gasteiger partial charge in [-0.25, -0.2) is 4.98 Å². The SMILES string of the molecule is CC(C)(C)n1cc(CN2CCN(c3ccc(C(=O)Nc4nncs4)cn3)CC2)cn1. The topological polar surface area (TPSA) is 92.1 Å². The molecule has 3 aromatic rings. The van der Waals surface area contributed by atoms with Crippen molar-refractivity contribution >= 4 is 28.2 Å². The van der Waals surface area contributed by atoms with Crippen molar-refractivity contribution < 1.29 is 4.79 Å². The molecule has 3 aromatic heterocycles. The monoisotopic (exact) mass is 426 g/mol. The van der Waals surface area contributed by atoms with Crippen molar-refractivity contribution in [3.63, 3.8) is 0 Å². The summed E-state index contributed by atoms with van der Waals surface area (Å²) < 4.78 is 2.02. The fourth-order valence-corrected chi connectivity index (χ4v) is 3.75. The number of hydrogen-bond donors (Lipinski definition) is 1. The quantitative estimate of drug-likeness (QED) is 0.670. The smallest absolute Gasteiger partial charge is 0.259 e. The van der Waals surface area contributed by atoms with Crippen molar-refractivity contribution in [2.45, 2.75) is 32.9 Å². The normalized spacial score (nSPS) is 15.4. The van der Waals surface area contributed by atoms with E-state index in [0.717, 1.165) is 38.5 Å². The lowest BCUT2D eigenvalue weighted by Crippen LogP contribution is -2.46. The standard InChI is InChI=1S/C20H26N8OS/c1-20(2,3)28-13-15(10-23-28)12-26-6-8-27(9-7-26)17-5-4-16(11-21-17)18(29)24-19-25-22-14-30-19/h4-5,10-11,13-14H,6-9,12H2,1-3H3,(H,24,25,29). The number of aromatic nitrogens is 5. The van der Waals surface area contributed by atoms with Gasteiger partial charge in [-0.05, 0) is 32.9 Å². The third kappa shape index (κ3) is 4.82. The minimum absolute atomic E-state index is 0.00283. The van der Waals surface area contributed by atoms with Crippen LogP contribution in [0.25, 0.3) is 0 Å². The predicted molar refractivity (Wildman–Crippen MR) is 117 cm³/mol. The molecule has 1 saturated heterocycles. The Hall–Kier alpha value is -2.85. The van der Waals surface area contributed by atoms with Crippen LogP contribution in [0, 0.1) is 0 Å². The number of pyridine rings is 1. The van der Waals surface area contributed by atoms with E-state index in [-0.39, 0.29) is 11.4 Å². The second kappa shape index (κ2) is 8.49. The molecule has 1 N–H and O–H groups in total. The molecule has 1 fully saturated rings. The van der Waals surface area contributed by atoms with E-state index < -0.39 is 0 Å². The van der Waals surface area contributed by atoms with Crippen LogP contribution < -0.4 is 10.2 Å². The molecule has 4 heterocycles. The Bertz CT molecular complexity index is 969. The van der Waals surface area contributed by atoms with Gasteiger partial charge < -0.3 is 4.90 Å². The first kappa shape index (κ1) is 20.4. The van der Waals surface area contributed by atoms with Gasteiger partial charge in [0.25, 0.3) is 5.91 Å². The zero-order chi connectivity index (χ0) is 21.1. The Balaban J connectivity index is 1.29. The van der Waals surface area contributed by atoms with E-state index in [1.54, 1.807) is 17.8 Å². The highest BCUT2D eigenvalue weighted by atomic mass is 32.1. The summed E-state index contributed by atoms with van der Waals surface area (Å²) in [5.41, 5.74) is 3.32. The largest absolute Gasteiger partial charge is 0.354 e. The number of rotatable bonds is 5. The molecule has 0 aliphatic carbocycles. The van der Waals surface area contributed by atoms with Crippen LogP contribution >= 0.6 is 11.3 Å². The maximum atomic E-state index is 12.2. The van der Waals surface area contributed by atoms with Gasteiger partial charge in [0.15, 0.2) is 0 Å². The van der Waals surface area contributed by atoms with Gasteiger partial charge in [-0.1, -0.05) is 11.3 Å². The summed E-state index contributed by atoms with van der Waals surface area (Å²) in [6.45, 7) is 11.1. The van der Waals surface area contributed by atoms with E-state index in [1.165, 1.54) is 16.9 Å². The van der Waals surface area contributed by atoms with Gasteiger partial charge in [0.2, 0.25) is 5.13 Å². The molecule has 158 valence electrons. The van der Waals surface area contributed by atoms with Gasteiger partial charge in [0.05, 0.1) is 17.3 Å². The van der Waals surface area contributed by atoms with Gasteiger partial charge in [-0.2, -0.15) is 5.10 Å². The van der Waals surface area contributed by atoms with Crippen LogP contribution in [-0.2, 0) is 12.1 Å². The van der Waals surface area contributed by atoms with E-state index >= 15 is 0 Å². The summed E-state index contributed by atoms with van der Waals surface area (Å²) in [6.07, 6.45) is 5.71. The number of amides is 1. The van der Waals surface area contributed by atoms with Gasteiger partial charge in [-0.3, -0.25) is 19.7 Å². The summed E-state index contributed by atoms with van der Waals surface area (Å²) in [5, 5.41) is 15.2. The molecule has 30 heavy (non-hydrogen) atoms. The molecule has 1 aliphatic rings. The highest BCUT2D eigenvalue weighted by molar-refractivity contribution is 7.13. The molecule has 9 nitrogen and oxygen atoms in total. The first-order valence-electron chi connectivity index (χ1n) is 9.93. The van der Waals surface area contributed by atoms with Crippen LogP contribution in [0.2, 0.25) is 0 Å². The lowest BCUT2D eigenvalue weighted by molar-refractivity contribution is 0.102. The average Bonchev–Trinajstić information content (AvgIpc) is 3.41. The summed E-state index contributed by atoms with van der Waals surface area (Å²) in [4.78, 5) is 21.4. The Morgan fingerprint density at radius 2 is 1.97 bits per heavy atom. The Morgan fingerprint density at radius 1 is 1.17 bits per heavy atom. The van der Waals surface area contributed by atoms with Crippen molar-refractivity contribution in [1.82, 2.24) is 29.9 Å². The van der Waals surface area contributed by atoms with Crippen molar-refractivity contribution in [3.05, 3.63) is 47.4 Å². The zero-order valence-electron chi connectivity index (χ0n) is 17.4. The molecule has 0 radical (unpaired) electrons. The van der Waals surface area contributed by atoms with Crippen molar-refractivity contribution in [2.75, 3.05) is 36.4 Å². The minimum Gasteiger partial charge on any atom is -0.354 e. The predicted octanol–water partition coefficient (Wildman–Crippen LogP) is 2.46. The molecule has 0 atom stereocenters. The molecule has 0 bridgehead atoms. The van der Waals surface area contributed by atoms with E-state index in [1.807, 2.05) is 16.9 Å². The minimum atomic E-state index is -0.230. The van der Waals surface area contributed by atoms with Gasteiger partial charge in [-0.15, -0.1) is 10.2 Å². The first-order chi connectivity index (χ1) is 14.4. The number of nitrogens with zero attached hydrogens (tertiary/aromatic N) is 7. The zero-order valence-corrected chi connectivity index (χ0v) is 18.3. The number of nitrogens with one attached hydrogen (secondary N) is 1. The molecule has 0 unspecified atom stereocenters. The lowest BCUT2D eigenvalue weighted by atomic mass is 10.1. The van der Waals surface area contributed by atoms with E-state index in [0.29, 0.717) is 10.7 Å². The number of anilines is 2. The molecule has 1 amide bonds. The van der Waals surface area contributed by atoms with Crippen LogP contribution in [0.3, 0.4) is 0 Å². The van der Waals surface area contributed by atoms with Gasteiger partial charge >= 0.3 is 0 Å². The van der Waals surface area contributed by atoms with E-state index in [4.69, 9.17) is 0 Å². The Labute approximate surface area is 179 Å². The van der Waals surface area contributed by atoms with Crippen LogP contribution in [0.4, 0.5) is 10.9 Å². The van der Waals surface area contributed by atoms with Crippen molar-refractivity contribution in [1.29, 1.82) is 0 Å². The molecular formula is C20H26N8OS. The van der Waals surface area contributed by atoms with Crippen LogP contribution in [-0.4, -0.2) is 61.9 Å². The maximum Gasteiger partial charge on any atom is 0.259 e. The molecule has 10 heteroatoms. The summed E-state index contributed by atoms with van der Waals surface area (Å²) in [5.74, 6) is 0.661. The number of hydrogen-bond acceptors (Lipinski definition) is 8. The fourth-order valence-electron chi connectivity index (χ4n) is 3.31.